The zero-order valence-electron chi connectivity index (χ0n) is 45.0. The predicted octanol–water partition coefficient (Wildman–Crippen LogP) is 21.7. The van der Waals surface area contributed by atoms with E-state index >= 15 is 0 Å². The molecule has 0 saturated heterocycles. The third-order valence-electron chi connectivity index (χ3n) is 17.4. The molecule has 0 aliphatic heterocycles. The van der Waals surface area contributed by atoms with Crippen molar-refractivity contribution in [2.24, 2.45) is 0 Å². The van der Waals surface area contributed by atoms with Gasteiger partial charge in [0.1, 0.15) is 0 Å². The second-order valence-corrected chi connectivity index (χ2v) is 22.0. The Morgan fingerprint density at radius 2 is 0.575 bits per heavy atom. The standard InChI is InChI=1S/C78H60N2/c1-3-27-60(28-4-1)79(64-50-41-53-21-7-8-23-57(53)52-64)62-46-42-55(43-47-62)75-66-32-11-15-36-70(66)77(71-37-16-12-33-67(71)75)58-25-19-26-59(51-58)78-72-38-17-13-34-68(72)76(69-35-14-18-39-73(69)78)56-44-48-63(49-45-56)80(61-29-5-2-6-30-61)74-40-20-24-54-22-9-10-31-65(54)74/h1-6,11-20,24-30,32-52H,7-10,21-23,31H2. The summed E-state index contributed by atoms with van der Waals surface area (Å²) in [5, 5.41) is 9.97. The number of rotatable bonds is 10. The van der Waals surface area contributed by atoms with Crippen molar-refractivity contribution in [3.05, 3.63) is 289 Å². The number of benzene rings is 13. The summed E-state index contributed by atoms with van der Waals surface area (Å²) in [6.45, 7) is 0. The molecule has 0 fully saturated rings. The molecule has 0 heterocycles. The summed E-state index contributed by atoms with van der Waals surface area (Å²) in [5.74, 6) is 0. The highest BCUT2D eigenvalue weighted by Crippen LogP contribution is 2.49. The van der Waals surface area contributed by atoms with Gasteiger partial charge in [-0.15, -0.1) is 0 Å². The number of nitrogens with zero attached hydrogens (tertiary/aromatic N) is 2. The van der Waals surface area contributed by atoms with Crippen molar-refractivity contribution in [3.63, 3.8) is 0 Å². The van der Waals surface area contributed by atoms with Gasteiger partial charge in [0, 0.05) is 34.1 Å². The Bertz CT molecular complexity index is 4350. The molecule has 2 nitrogen and oxygen atoms in total. The monoisotopic (exact) mass is 1020 g/mol. The van der Waals surface area contributed by atoms with E-state index in [9.17, 15) is 0 Å². The second kappa shape index (κ2) is 20.4. The van der Waals surface area contributed by atoms with Gasteiger partial charge in [0.15, 0.2) is 0 Å². The van der Waals surface area contributed by atoms with Crippen LogP contribution in [0.5, 0.6) is 0 Å². The number of hydrogen-bond donors (Lipinski definition) is 0. The van der Waals surface area contributed by atoms with Crippen molar-refractivity contribution < 1.29 is 0 Å². The van der Waals surface area contributed by atoms with Crippen LogP contribution in [-0.2, 0) is 25.7 Å². The van der Waals surface area contributed by atoms with Crippen LogP contribution in [0.3, 0.4) is 0 Å². The Morgan fingerprint density at radius 3 is 1.06 bits per heavy atom. The van der Waals surface area contributed by atoms with Crippen molar-refractivity contribution >= 4 is 77.2 Å². The van der Waals surface area contributed by atoms with Gasteiger partial charge in [-0.25, -0.2) is 0 Å². The number of para-hydroxylation sites is 2. The fourth-order valence-electron chi connectivity index (χ4n) is 13.7. The molecule has 2 aliphatic carbocycles. The Balaban J connectivity index is 0.835. The van der Waals surface area contributed by atoms with Gasteiger partial charge in [-0.2, -0.15) is 0 Å². The van der Waals surface area contributed by atoms with Crippen LogP contribution in [0, 0.1) is 0 Å². The Kier molecular flexibility index (Phi) is 12.1. The molecule has 0 aromatic heterocycles. The van der Waals surface area contributed by atoms with E-state index in [1.807, 2.05) is 0 Å². The molecule has 382 valence electrons. The minimum absolute atomic E-state index is 1.11. The van der Waals surface area contributed by atoms with Gasteiger partial charge in [-0.05, 0) is 234 Å². The topological polar surface area (TPSA) is 6.48 Å². The van der Waals surface area contributed by atoms with Crippen LogP contribution in [0.2, 0.25) is 0 Å². The summed E-state index contributed by atoms with van der Waals surface area (Å²) in [6, 6.07) is 99.9. The molecule has 0 radical (unpaired) electrons. The Hall–Kier alpha value is -9.50. The Labute approximate surface area is 469 Å². The zero-order valence-corrected chi connectivity index (χ0v) is 45.0. The fourth-order valence-corrected chi connectivity index (χ4v) is 13.7. The predicted molar refractivity (Wildman–Crippen MR) is 341 cm³/mol. The van der Waals surface area contributed by atoms with Crippen molar-refractivity contribution in [2.45, 2.75) is 51.4 Å². The lowest BCUT2D eigenvalue weighted by Gasteiger charge is -2.30. The molecule has 0 spiro atoms. The molecular weight excluding hydrogens is 965 g/mol. The molecule has 13 aromatic carbocycles. The molecule has 0 saturated carbocycles. The van der Waals surface area contributed by atoms with Gasteiger partial charge in [-0.1, -0.05) is 194 Å². The number of aryl methyl sites for hydroxylation is 3. The average molecular weight is 1030 g/mol. The van der Waals surface area contributed by atoms with Crippen LogP contribution in [-0.4, -0.2) is 0 Å². The van der Waals surface area contributed by atoms with Gasteiger partial charge in [0.05, 0.1) is 0 Å². The maximum Gasteiger partial charge on any atom is 0.0496 e. The lowest BCUT2D eigenvalue weighted by atomic mass is 9.83. The van der Waals surface area contributed by atoms with E-state index in [1.165, 1.54) is 165 Å². The van der Waals surface area contributed by atoms with Crippen LogP contribution >= 0.6 is 0 Å². The van der Waals surface area contributed by atoms with E-state index in [-0.39, 0.29) is 0 Å². The van der Waals surface area contributed by atoms with E-state index in [0.29, 0.717) is 0 Å². The maximum atomic E-state index is 2.47. The number of anilines is 6. The number of hydrogen-bond acceptors (Lipinski definition) is 2. The van der Waals surface area contributed by atoms with Gasteiger partial charge >= 0.3 is 0 Å². The van der Waals surface area contributed by atoms with Gasteiger partial charge < -0.3 is 9.80 Å². The van der Waals surface area contributed by atoms with Crippen LogP contribution < -0.4 is 9.80 Å². The minimum Gasteiger partial charge on any atom is -0.310 e. The minimum atomic E-state index is 1.11. The van der Waals surface area contributed by atoms with Gasteiger partial charge in [0.2, 0.25) is 0 Å². The third-order valence-corrected chi connectivity index (χ3v) is 17.4. The summed E-state index contributed by atoms with van der Waals surface area (Å²) < 4.78 is 0. The summed E-state index contributed by atoms with van der Waals surface area (Å²) in [4.78, 5) is 4.88. The van der Waals surface area contributed by atoms with E-state index in [4.69, 9.17) is 0 Å². The highest BCUT2D eigenvalue weighted by Gasteiger charge is 2.24. The third kappa shape index (κ3) is 8.34. The largest absolute Gasteiger partial charge is 0.310 e. The van der Waals surface area contributed by atoms with E-state index in [2.05, 4.69) is 277 Å². The summed E-state index contributed by atoms with van der Waals surface area (Å²) in [6.07, 6.45) is 9.61. The summed E-state index contributed by atoms with van der Waals surface area (Å²) in [5.41, 5.74) is 23.0. The molecule has 0 bridgehead atoms. The molecule has 0 N–H and O–H groups in total. The quantitative estimate of drug-likeness (QED) is 0.126. The van der Waals surface area contributed by atoms with Crippen molar-refractivity contribution in [1.29, 1.82) is 0 Å². The van der Waals surface area contributed by atoms with E-state index < -0.39 is 0 Å². The molecule has 13 aromatic rings. The first-order valence-electron chi connectivity index (χ1n) is 28.8. The lowest BCUT2D eigenvalue weighted by molar-refractivity contribution is 0.685. The van der Waals surface area contributed by atoms with E-state index in [1.54, 1.807) is 0 Å². The fraction of sp³-hybridized carbons (Fsp3) is 0.103. The molecular formula is C78H60N2. The molecule has 0 unspecified atom stereocenters. The lowest BCUT2D eigenvalue weighted by Crippen LogP contribution is -2.15. The van der Waals surface area contributed by atoms with Crippen LogP contribution in [0.25, 0.3) is 87.6 Å². The first-order valence-corrected chi connectivity index (χ1v) is 28.8. The summed E-state index contributed by atoms with van der Waals surface area (Å²) in [7, 11) is 0. The zero-order chi connectivity index (χ0) is 52.9. The maximum absolute atomic E-state index is 2.47. The van der Waals surface area contributed by atoms with Crippen LogP contribution in [0.15, 0.2) is 267 Å². The first kappa shape index (κ1) is 47.7. The van der Waals surface area contributed by atoms with Crippen molar-refractivity contribution in [2.75, 3.05) is 9.80 Å². The normalized spacial score (nSPS) is 13.1. The number of fused-ring (bicyclic) bond motifs is 6. The molecule has 15 rings (SSSR count). The molecule has 80 heavy (non-hydrogen) atoms. The highest BCUT2D eigenvalue weighted by molar-refractivity contribution is 6.24. The van der Waals surface area contributed by atoms with Crippen LogP contribution in [0.4, 0.5) is 34.1 Å². The van der Waals surface area contributed by atoms with Gasteiger partial charge in [0.25, 0.3) is 0 Å². The van der Waals surface area contributed by atoms with E-state index in [0.717, 1.165) is 30.6 Å². The Morgan fingerprint density at radius 1 is 0.212 bits per heavy atom. The molecule has 2 heteroatoms. The van der Waals surface area contributed by atoms with Crippen molar-refractivity contribution in [3.8, 4) is 44.5 Å². The second-order valence-electron chi connectivity index (χ2n) is 22.0. The van der Waals surface area contributed by atoms with Crippen molar-refractivity contribution in [1.82, 2.24) is 0 Å². The molecule has 0 atom stereocenters. The smallest absolute Gasteiger partial charge is 0.0496 e. The molecule has 0 amide bonds. The first-order chi connectivity index (χ1) is 39.7. The highest BCUT2D eigenvalue weighted by atomic mass is 15.1. The van der Waals surface area contributed by atoms with Crippen LogP contribution in [0.1, 0.15) is 47.9 Å². The summed E-state index contributed by atoms with van der Waals surface area (Å²) >= 11 is 0. The van der Waals surface area contributed by atoms with Gasteiger partial charge in [-0.3, -0.25) is 0 Å². The average Bonchev–Trinajstić information content (AvgIpc) is 3.64. The molecule has 2 aliphatic rings. The SMILES string of the molecule is c1ccc(N(c2ccc(-c3c4ccccc4c(-c4cccc(-c5c6ccccc6c(-c6ccc(N(c7ccccc7)c7cccc8c7CCCC8)cc6)c6ccccc56)c4)c4ccccc34)cc2)c2ccc3c(c2)CCCC3)cc1.